The molecule has 0 spiro atoms. The van der Waals surface area contributed by atoms with Gasteiger partial charge in [0, 0.05) is 21.9 Å². The van der Waals surface area contributed by atoms with E-state index in [2.05, 4.69) is 4.98 Å². The smallest absolute Gasteiger partial charge is 0.197 e. The maximum Gasteiger partial charge on any atom is 0.197 e. The Kier molecular flexibility index (Phi) is 1.61. The molecule has 0 N–H and O–H groups in total. The van der Waals surface area contributed by atoms with Crippen molar-refractivity contribution in [1.82, 2.24) is 4.98 Å². The average molecular weight is 244 g/mol. The molecule has 0 atom stereocenters. The molecule has 0 unspecified atom stereocenters. The minimum absolute atomic E-state index is 0.658. The highest BCUT2D eigenvalue weighted by atomic mass is 35.5. The topological polar surface area (TPSA) is 39.2 Å². The van der Waals surface area contributed by atoms with Gasteiger partial charge < -0.3 is 8.83 Å². The number of oxazole rings is 1. The van der Waals surface area contributed by atoms with Gasteiger partial charge in [0.25, 0.3) is 0 Å². The second kappa shape index (κ2) is 3.02. The van der Waals surface area contributed by atoms with Crippen molar-refractivity contribution in [2.45, 2.75) is 0 Å². The largest absolute Gasteiger partial charge is 0.452 e. The van der Waals surface area contributed by atoms with Crippen LogP contribution in [0.4, 0.5) is 0 Å². The van der Waals surface area contributed by atoms with Crippen LogP contribution < -0.4 is 0 Å². The summed E-state index contributed by atoms with van der Waals surface area (Å²) in [5.41, 5.74) is 2.95. The molecule has 2 aromatic heterocycles. The molecule has 0 bridgehead atoms. The summed E-state index contributed by atoms with van der Waals surface area (Å²) >= 11 is 5.95. The first-order chi connectivity index (χ1) is 8.33. The van der Waals surface area contributed by atoms with Crippen molar-refractivity contribution >= 4 is 44.6 Å². The van der Waals surface area contributed by atoms with Crippen LogP contribution in [0.3, 0.4) is 0 Å². The Labute approximate surface area is 101 Å². The third kappa shape index (κ3) is 1.14. The standard InChI is InChI=1S/C13H6ClNO2/c14-7-1-2-8-9-3-4-10-13(16-6-15-10)12(9)17-11(8)5-7/h1-6H. The summed E-state index contributed by atoms with van der Waals surface area (Å²) in [5, 5.41) is 2.70. The summed E-state index contributed by atoms with van der Waals surface area (Å²) in [6.45, 7) is 0. The molecule has 82 valence electrons. The van der Waals surface area contributed by atoms with Gasteiger partial charge >= 0.3 is 0 Å². The molecule has 0 fully saturated rings. The lowest BCUT2D eigenvalue weighted by Crippen LogP contribution is -1.69. The first-order valence-electron chi connectivity index (χ1n) is 5.17. The van der Waals surface area contributed by atoms with Gasteiger partial charge in [-0.05, 0) is 24.3 Å². The molecule has 0 saturated carbocycles. The van der Waals surface area contributed by atoms with E-state index in [4.69, 9.17) is 20.4 Å². The van der Waals surface area contributed by atoms with Gasteiger partial charge in [-0.25, -0.2) is 4.98 Å². The molecule has 0 aliphatic heterocycles. The van der Waals surface area contributed by atoms with Gasteiger partial charge in [0.1, 0.15) is 11.1 Å². The molecular weight excluding hydrogens is 238 g/mol. The van der Waals surface area contributed by atoms with Crippen LogP contribution in [0.25, 0.3) is 33.0 Å². The summed E-state index contributed by atoms with van der Waals surface area (Å²) in [4.78, 5) is 4.10. The van der Waals surface area contributed by atoms with E-state index >= 15 is 0 Å². The van der Waals surface area contributed by atoms with Crippen LogP contribution >= 0.6 is 11.6 Å². The SMILES string of the molecule is Clc1ccc2c(c1)oc1c2ccc2ncoc21. The van der Waals surface area contributed by atoms with Crippen LogP contribution in [0, 0.1) is 0 Å². The van der Waals surface area contributed by atoms with Crippen LogP contribution in [-0.4, -0.2) is 4.98 Å². The lowest BCUT2D eigenvalue weighted by molar-refractivity contribution is 0.589. The van der Waals surface area contributed by atoms with Crippen LogP contribution in [0.1, 0.15) is 0 Å². The van der Waals surface area contributed by atoms with E-state index in [1.165, 1.54) is 6.39 Å². The number of benzene rings is 2. The third-order valence-electron chi connectivity index (χ3n) is 2.90. The van der Waals surface area contributed by atoms with E-state index in [0.29, 0.717) is 10.6 Å². The average Bonchev–Trinajstić information content (AvgIpc) is 2.90. The summed E-state index contributed by atoms with van der Waals surface area (Å²) < 4.78 is 11.1. The van der Waals surface area contributed by atoms with Crippen LogP contribution in [0.15, 0.2) is 45.6 Å². The first kappa shape index (κ1) is 9.07. The highest BCUT2D eigenvalue weighted by Crippen LogP contribution is 2.34. The molecule has 4 heteroatoms. The Hall–Kier alpha value is -2.00. The Morgan fingerprint density at radius 2 is 1.88 bits per heavy atom. The molecule has 4 rings (SSSR count). The Morgan fingerprint density at radius 1 is 1.00 bits per heavy atom. The van der Waals surface area contributed by atoms with Crippen molar-refractivity contribution in [2.75, 3.05) is 0 Å². The van der Waals surface area contributed by atoms with Crippen LogP contribution in [0.2, 0.25) is 5.02 Å². The lowest BCUT2D eigenvalue weighted by atomic mass is 10.1. The van der Waals surface area contributed by atoms with Crippen LogP contribution in [-0.2, 0) is 0 Å². The Bertz CT molecular complexity index is 860. The fourth-order valence-electron chi connectivity index (χ4n) is 2.13. The molecule has 0 aliphatic rings. The zero-order chi connectivity index (χ0) is 11.4. The summed E-state index contributed by atoms with van der Waals surface area (Å²) in [6.07, 6.45) is 1.42. The van der Waals surface area contributed by atoms with Crippen molar-refractivity contribution in [3.05, 3.63) is 41.7 Å². The molecule has 0 aliphatic carbocycles. The summed E-state index contributed by atoms with van der Waals surface area (Å²) in [6, 6.07) is 9.51. The second-order valence-corrected chi connectivity index (χ2v) is 4.32. The van der Waals surface area contributed by atoms with E-state index in [1.54, 1.807) is 6.07 Å². The fraction of sp³-hybridized carbons (Fsp3) is 0. The molecule has 0 amide bonds. The highest BCUT2D eigenvalue weighted by molar-refractivity contribution is 6.31. The van der Waals surface area contributed by atoms with E-state index < -0.39 is 0 Å². The number of fused-ring (bicyclic) bond motifs is 5. The molecule has 4 aromatic rings. The monoisotopic (exact) mass is 243 g/mol. The predicted molar refractivity (Wildman–Crippen MR) is 66.3 cm³/mol. The lowest BCUT2D eigenvalue weighted by Gasteiger charge is -1.89. The van der Waals surface area contributed by atoms with Crippen molar-refractivity contribution in [1.29, 1.82) is 0 Å². The van der Waals surface area contributed by atoms with Crippen LogP contribution in [0.5, 0.6) is 0 Å². The maximum atomic E-state index is 5.95. The molecule has 17 heavy (non-hydrogen) atoms. The number of halogens is 1. The highest BCUT2D eigenvalue weighted by Gasteiger charge is 2.12. The fourth-order valence-corrected chi connectivity index (χ4v) is 2.29. The van der Waals surface area contributed by atoms with Crippen molar-refractivity contribution in [2.24, 2.45) is 0 Å². The van der Waals surface area contributed by atoms with Gasteiger partial charge in [-0.2, -0.15) is 0 Å². The number of rotatable bonds is 0. The normalized spacial score (nSPS) is 11.8. The molecule has 2 aromatic carbocycles. The Morgan fingerprint density at radius 3 is 2.82 bits per heavy atom. The third-order valence-corrected chi connectivity index (χ3v) is 3.13. The van der Waals surface area contributed by atoms with E-state index in [-0.39, 0.29) is 0 Å². The number of hydrogen-bond acceptors (Lipinski definition) is 3. The second-order valence-electron chi connectivity index (χ2n) is 3.89. The molecular formula is C13H6ClNO2. The van der Waals surface area contributed by atoms with Crippen molar-refractivity contribution in [3.8, 4) is 0 Å². The van der Waals surface area contributed by atoms with Gasteiger partial charge in [-0.3, -0.25) is 0 Å². The molecule has 2 heterocycles. The minimum Gasteiger partial charge on any atom is -0.452 e. The molecule has 0 radical (unpaired) electrons. The number of furan rings is 1. The van der Waals surface area contributed by atoms with Gasteiger partial charge in [0.2, 0.25) is 0 Å². The zero-order valence-electron chi connectivity index (χ0n) is 8.61. The van der Waals surface area contributed by atoms with Crippen molar-refractivity contribution < 1.29 is 8.83 Å². The number of aromatic nitrogens is 1. The van der Waals surface area contributed by atoms with Gasteiger partial charge in [-0.15, -0.1) is 0 Å². The maximum absolute atomic E-state index is 5.95. The zero-order valence-corrected chi connectivity index (χ0v) is 9.36. The van der Waals surface area contributed by atoms with Crippen molar-refractivity contribution in [3.63, 3.8) is 0 Å². The van der Waals surface area contributed by atoms with Gasteiger partial charge in [0.05, 0.1) is 0 Å². The number of hydrogen-bond donors (Lipinski definition) is 0. The Balaban J connectivity index is 2.32. The molecule has 3 nitrogen and oxygen atoms in total. The first-order valence-corrected chi connectivity index (χ1v) is 5.55. The van der Waals surface area contributed by atoms with E-state index in [1.807, 2.05) is 24.3 Å². The van der Waals surface area contributed by atoms with Gasteiger partial charge in [0.15, 0.2) is 17.6 Å². The quantitative estimate of drug-likeness (QED) is 0.460. The van der Waals surface area contributed by atoms with E-state index in [0.717, 1.165) is 27.5 Å². The summed E-state index contributed by atoms with van der Waals surface area (Å²) in [7, 11) is 0. The minimum atomic E-state index is 0.658. The summed E-state index contributed by atoms with van der Waals surface area (Å²) in [5.74, 6) is 0. The number of nitrogens with zero attached hydrogens (tertiary/aromatic N) is 1. The predicted octanol–water partition coefficient (Wildman–Crippen LogP) is 4.38. The molecule has 0 saturated heterocycles. The van der Waals surface area contributed by atoms with E-state index in [9.17, 15) is 0 Å². The van der Waals surface area contributed by atoms with Gasteiger partial charge in [-0.1, -0.05) is 11.6 Å².